The van der Waals surface area contributed by atoms with E-state index >= 15 is 0 Å². The predicted molar refractivity (Wildman–Crippen MR) is 108 cm³/mol. The van der Waals surface area contributed by atoms with Gasteiger partial charge in [0.15, 0.2) is 17.6 Å². The first kappa shape index (κ1) is 21.3. The third-order valence-electron chi connectivity index (χ3n) is 4.20. The number of anilines is 1. The first-order chi connectivity index (χ1) is 13.3. The summed E-state index contributed by atoms with van der Waals surface area (Å²) in [4.78, 5) is 24.7. The number of amides is 1. The Morgan fingerprint density at radius 3 is 2.25 bits per heavy atom. The van der Waals surface area contributed by atoms with Crippen LogP contribution in [0.3, 0.4) is 0 Å². The highest BCUT2D eigenvalue weighted by Gasteiger charge is 2.20. The van der Waals surface area contributed by atoms with Gasteiger partial charge in [0.2, 0.25) is 0 Å². The Bertz CT molecular complexity index is 814. The molecule has 0 saturated heterocycles. The Balaban J connectivity index is 2.00. The van der Waals surface area contributed by atoms with Crippen molar-refractivity contribution in [1.29, 1.82) is 0 Å². The Labute approximate surface area is 165 Å². The summed E-state index contributed by atoms with van der Waals surface area (Å²) in [5.74, 6) is 0.370. The summed E-state index contributed by atoms with van der Waals surface area (Å²) < 4.78 is 15.9. The lowest BCUT2D eigenvalue weighted by Crippen LogP contribution is -2.30. The molecule has 2 rings (SSSR count). The van der Waals surface area contributed by atoms with Gasteiger partial charge in [-0.1, -0.05) is 26.0 Å². The quantitative estimate of drug-likeness (QED) is 0.682. The number of rotatable bonds is 8. The summed E-state index contributed by atoms with van der Waals surface area (Å²) in [6.07, 6.45) is -0.949. The first-order valence-corrected chi connectivity index (χ1v) is 9.28. The number of nitrogens with one attached hydrogen (secondary N) is 1. The first-order valence-electron chi connectivity index (χ1n) is 9.28. The van der Waals surface area contributed by atoms with Crippen LogP contribution in [0.1, 0.15) is 49.5 Å². The zero-order valence-electron chi connectivity index (χ0n) is 16.9. The summed E-state index contributed by atoms with van der Waals surface area (Å²) in [6.45, 7) is 8.07. The van der Waals surface area contributed by atoms with Gasteiger partial charge in [0.05, 0.1) is 19.3 Å². The molecule has 0 heterocycles. The average Bonchev–Trinajstić information content (AvgIpc) is 2.68. The second-order valence-electron chi connectivity index (χ2n) is 6.61. The molecular weight excluding hydrogens is 358 g/mol. The normalized spacial score (nSPS) is 11.6. The van der Waals surface area contributed by atoms with Gasteiger partial charge in [0, 0.05) is 5.69 Å². The van der Waals surface area contributed by atoms with Crippen LogP contribution >= 0.6 is 0 Å². The molecule has 28 heavy (non-hydrogen) atoms. The van der Waals surface area contributed by atoms with Crippen LogP contribution in [0.25, 0.3) is 0 Å². The van der Waals surface area contributed by atoms with E-state index in [1.165, 1.54) is 25.7 Å². The monoisotopic (exact) mass is 385 g/mol. The van der Waals surface area contributed by atoms with Gasteiger partial charge in [-0.05, 0) is 55.7 Å². The van der Waals surface area contributed by atoms with Crippen molar-refractivity contribution in [3.05, 3.63) is 53.6 Å². The maximum Gasteiger partial charge on any atom is 0.339 e. The number of hydrogen-bond acceptors (Lipinski definition) is 5. The third-order valence-corrected chi connectivity index (χ3v) is 4.20. The van der Waals surface area contributed by atoms with E-state index in [1.54, 1.807) is 12.1 Å². The molecule has 0 saturated carbocycles. The fraction of sp³-hybridized carbons (Fsp3) is 0.364. The lowest BCUT2D eigenvalue weighted by atomic mass is 10.0. The summed E-state index contributed by atoms with van der Waals surface area (Å²) in [5, 5.41) is 2.75. The minimum absolute atomic E-state index is 0.279. The molecule has 1 amide bonds. The molecule has 6 nitrogen and oxygen atoms in total. The van der Waals surface area contributed by atoms with Gasteiger partial charge >= 0.3 is 5.97 Å². The van der Waals surface area contributed by atoms with E-state index in [9.17, 15) is 9.59 Å². The number of carbonyl (C=O) groups excluding carboxylic acids is 2. The molecule has 0 aliphatic rings. The average molecular weight is 385 g/mol. The van der Waals surface area contributed by atoms with Gasteiger partial charge in [-0.3, -0.25) is 4.79 Å². The topological polar surface area (TPSA) is 73.9 Å². The van der Waals surface area contributed by atoms with Crippen LogP contribution in [-0.2, 0) is 9.53 Å². The maximum absolute atomic E-state index is 12.4. The number of ether oxygens (including phenoxy) is 3. The van der Waals surface area contributed by atoms with Gasteiger partial charge in [-0.25, -0.2) is 4.79 Å². The number of methoxy groups -OCH3 is 1. The van der Waals surface area contributed by atoms with Crippen molar-refractivity contribution in [1.82, 2.24) is 0 Å². The zero-order chi connectivity index (χ0) is 20.7. The van der Waals surface area contributed by atoms with E-state index < -0.39 is 18.0 Å². The predicted octanol–water partition coefficient (Wildman–Crippen LogP) is 4.40. The molecule has 0 fully saturated rings. The maximum atomic E-state index is 12.4. The molecule has 0 radical (unpaired) electrons. The minimum Gasteiger partial charge on any atom is -0.493 e. The highest BCUT2D eigenvalue weighted by Crippen LogP contribution is 2.28. The molecule has 0 aromatic heterocycles. The summed E-state index contributed by atoms with van der Waals surface area (Å²) >= 11 is 0. The summed E-state index contributed by atoms with van der Waals surface area (Å²) in [5.41, 5.74) is 2.11. The Kier molecular flexibility index (Phi) is 7.44. The Hall–Kier alpha value is -3.02. The van der Waals surface area contributed by atoms with Gasteiger partial charge in [-0.2, -0.15) is 0 Å². The summed E-state index contributed by atoms with van der Waals surface area (Å²) in [6, 6.07) is 12.3. The van der Waals surface area contributed by atoms with E-state index in [4.69, 9.17) is 14.2 Å². The number of carbonyl (C=O) groups is 2. The molecule has 6 heteroatoms. The second kappa shape index (κ2) is 9.78. The standard InChI is InChI=1S/C22H27NO5/c1-6-27-19-12-9-17(13-20(19)26-5)22(25)28-15(4)21(24)23-18-10-7-16(8-11-18)14(2)3/h7-15H,6H2,1-5H3,(H,23,24)/t15-/m0/s1. The van der Waals surface area contributed by atoms with E-state index in [0.717, 1.165) is 0 Å². The molecule has 150 valence electrons. The van der Waals surface area contributed by atoms with Crippen molar-refractivity contribution in [3.8, 4) is 11.5 Å². The van der Waals surface area contributed by atoms with Crippen molar-refractivity contribution in [2.24, 2.45) is 0 Å². The SMILES string of the molecule is CCOc1ccc(C(=O)O[C@@H](C)C(=O)Nc2ccc(C(C)C)cc2)cc1OC. The van der Waals surface area contributed by atoms with E-state index in [0.29, 0.717) is 29.7 Å². The van der Waals surface area contributed by atoms with Crippen molar-refractivity contribution in [2.45, 2.75) is 39.7 Å². The molecule has 0 spiro atoms. The van der Waals surface area contributed by atoms with E-state index in [-0.39, 0.29) is 5.56 Å². The lowest BCUT2D eigenvalue weighted by Gasteiger charge is -2.15. The van der Waals surface area contributed by atoms with Crippen LogP contribution < -0.4 is 14.8 Å². The van der Waals surface area contributed by atoms with E-state index in [1.807, 2.05) is 31.2 Å². The van der Waals surface area contributed by atoms with Gasteiger partial charge in [0.1, 0.15) is 0 Å². The minimum atomic E-state index is -0.949. The molecule has 0 aliphatic heterocycles. The lowest BCUT2D eigenvalue weighted by molar-refractivity contribution is -0.123. The largest absolute Gasteiger partial charge is 0.493 e. The van der Waals surface area contributed by atoms with Crippen molar-refractivity contribution in [2.75, 3.05) is 19.0 Å². The molecule has 1 N–H and O–H groups in total. The third kappa shape index (κ3) is 5.49. The smallest absolute Gasteiger partial charge is 0.339 e. The second-order valence-corrected chi connectivity index (χ2v) is 6.61. The van der Waals surface area contributed by atoms with Crippen LogP contribution in [0.4, 0.5) is 5.69 Å². The fourth-order valence-electron chi connectivity index (χ4n) is 2.55. The Morgan fingerprint density at radius 1 is 1.00 bits per heavy atom. The fourth-order valence-corrected chi connectivity index (χ4v) is 2.55. The van der Waals surface area contributed by atoms with E-state index in [2.05, 4.69) is 19.2 Å². The number of esters is 1. The zero-order valence-corrected chi connectivity index (χ0v) is 16.9. The van der Waals surface area contributed by atoms with Crippen LogP contribution in [0.2, 0.25) is 0 Å². The summed E-state index contributed by atoms with van der Waals surface area (Å²) in [7, 11) is 1.49. The van der Waals surface area contributed by atoms with Crippen molar-refractivity contribution >= 4 is 17.6 Å². The van der Waals surface area contributed by atoms with Gasteiger partial charge < -0.3 is 19.5 Å². The van der Waals surface area contributed by atoms with Crippen LogP contribution in [0.5, 0.6) is 11.5 Å². The molecule has 2 aromatic carbocycles. The molecule has 0 aliphatic carbocycles. The Morgan fingerprint density at radius 2 is 1.68 bits per heavy atom. The highest BCUT2D eigenvalue weighted by atomic mass is 16.5. The molecule has 1 atom stereocenters. The highest BCUT2D eigenvalue weighted by molar-refractivity contribution is 5.97. The molecular formula is C22H27NO5. The van der Waals surface area contributed by atoms with Crippen molar-refractivity contribution in [3.63, 3.8) is 0 Å². The van der Waals surface area contributed by atoms with Crippen molar-refractivity contribution < 1.29 is 23.8 Å². The van der Waals surface area contributed by atoms with Crippen LogP contribution in [-0.4, -0.2) is 31.7 Å². The van der Waals surface area contributed by atoms with Crippen LogP contribution in [0, 0.1) is 0 Å². The number of benzene rings is 2. The number of hydrogen-bond donors (Lipinski definition) is 1. The molecule has 0 unspecified atom stereocenters. The molecule has 2 aromatic rings. The van der Waals surface area contributed by atoms with Crippen LogP contribution in [0.15, 0.2) is 42.5 Å². The molecule has 0 bridgehead atoms. The van der Waals surface area contributed by atoms with Gasteiger partial charge in [-0.15, -0.1) is 0 Å². The van der Waals surface area contributed by atoms with Gasteiger partial charge in [0.25, 0.3) is 5.91 Å².